The zero-order valence-corrected chi connectivity index (χ0v) is 12.8. The fourth-order valence-corrected chi connectivity index (χ4v) is 4.12. The highest BCUT2D eigenvalue weighted by Crippen LogP contribution is 2.26. The molecule has 2 heterocycles. The van der Waals surface area contributed by atoms with Crippen molar-refractivity contribution in [3.63, 3.8) is 0 Å². The summed E-state index contributed by atoms with van der Waals surface area (Å²) in [6.45, 7) is 5.03. The van der Waals surface area contributed by atoms with Crippen LogP contribution in [0.1, 0.15) is 35.7 Å². The molecule has 0 bridgehead atoms. The molecule has 3 nitrogen and oxygen atoms in total. The van der Waals surface area contributed by atoms with Crippen LogP contribution < -0.4 is 5.32 Å². The number of benzene rings is 1. The summed E-state index contributed by atoms with van der Waals surface area (Å²) in [6.07, 6.45) is 3.38. The number of fused-ring (bicyclic) bond motifs is 1. The Morgan fingerprint density at radius 3 is 3.25 bits per heavy atom. The van der Waals surface area contributed by atoms with Crippen LogP contribution in [-0.2, 0) is 6.42 Å². The molecule has 1 fully saturated rings. The van der Waals surface area contributed by atoms with Gasteiger partial charge in [0, 0.05) is 41.9 Å². The Balaban J connectivity index is 1.76. The van der Waals surface area contributed by atoms with Crippen LogP contribution in [0.4, 0.5) is 5.69 Å². The maximum Gasteiger partial charge on any atom is 0.253 e. The van der Waals surface area contributed by atoms with E-state index >= 15 is 0 Å². The normalized spacial score (nSPS) is 22.1. The number of carbonyl (C=O) groups is 1. The van der Waals surface area contributed by atoms with Crippen molar-refractivity contribution >= 4 is 23.4 Å². The lowest BCUT2D eigenvalue weighted by Gasteiger charge is -2.32. The summed E-state index contributed by atoms with van der Waals surface area (Å²) in [5.74, 6) is 1.27. The Bertz CT molecular complexity index is 503. The molecule has 0 aromatic heterocycles. The van der Waals surface area contributed by atoms with E-state index in [4.69, 9.17) is 0 Å². The molecule has 1 N–H and O–H groups in total. The van der Waals surface area contributed by atoms with Crippen LogP contribution in [0.25, 0.3) is 0 Å². The van der Waals surface area contributed by atoms with E-state index in [1.807, 2.05) is 22.7 Å². The number of carbonyl (C=O) groups excluding carboxylic acids is 1. The summed E-state index contributed by atoms with van der Waals surface area (Å²) >= 11 is 2.00. The van der Waals surface area contributed by atoms with Crippen molar-refractivity contribution in [2.75, 3.05) is 30.7 Å². The molecule has 0 saturated carbocycles. The van der Waals surface area contributed by atoms with Crippen molar-refractivity contribution in [2.24, 2.45) is 0 Å². The maximum absolute atomic E-state index is 12.6. The second-order valence-corrected chi connectivity index (χ2v) is 6.96. The van der Waals surface area contributed by atoms with Crippen LogP contribution in [0.3, 0.4) is 0 Å². The Labute approximate surface area is 125 Å². The number of nitrogens with one attached hydrogen (secondary N) is 1. The first kappa shape index (κ1) is 13.8. The third kappa shape index (κ3) is 2.80. The van der Waals surface area contributed by atoms with Gasteiger partial charge in [-0.25, -0.2) is 0 Å². The Morgan fingerprint density at radius 2 is 2.40 bits per heavy atom. The van der Waals surface area contributed by atoms with Gasteiger partial charge in [-0.15, -0.1) is 0 Å². The third-order valence-corrected chi connectivity index (χ3v) is 5.54. The summed E-state index contributed by atoms with van der Waals surface area (Å²) in [4.78, 5) is 14.7. The number of amides is 1. The first-order chi connectivity index (χ1) is 9.78. The fourth-order valence-electron chi connectivity index (χ4n) is 2.94. The van der Waals surface area contributed by atoms with E-state index in [0.29, 0.717) is 5.25 Å². The predicted octanol–water partition coefficient (Wildman–Crippen LogP) is 3.01. The topological polar surface area (TPSA) is 32.3 Å². The lowest BCUT2D eigenvalue weighted by molar-refractivity contribution is 0.0761. The number of anilines is 1. The number of nitrogens with zero attached hydrogens (tertiary/aromatic N) is 1. The van der Waals surface area contributed by atoms with E-state index in [9.17, 15) is 4.79 Å². The molecule has 4 heteroatoms. The van der Waals surface area contributed by atoms with E-state index in [1.54, 1.807) is 0 Å². The van der Waals surface area contributed by atoms with Crippen molar-refractivity contribution in [3.8, 4) is 0 Å². The lowest BCUT2D eigenvalue weighted by Crippen LogP contribution is -2.41. The SMILES string of the molecule is CCC1CN(C(=O)c2ccc3c(c2)CCCN3)CCS1. The molecule has 108 valence electrons. The van der Waals surface area contributed by atoms with Crippen LogP contribution in [-0.4, -0.2) is 41.4 Å². The highest BCUT2D eigenvalue weighted by atomic mass is 32.2. The van der Waals surface area contributed by atoms with Crippen molar-refractivity contribution in [1.82, 2.24) is 4.90 Å². The average molecular weight is 290 g/mol. The quantitative estimate of drug-likeness (QED) is 0.908. The van der Waals surface area contributed by atoms with Gasteiger partial charge in [-0.1, -0.05) is 6.92 Å². The molecule has 0 spiro atoms. The molecule has 1 aromatic carbocycles. The van der Waals surface area contributed by atoms with Gasteiger partial charge in [0.05, 0.1) is 0 Å². The molecule has 2 aliphatic rings. The molecule has 0 radical (unpaired) electrons. The van der Waals surface area contributed by atoms with E-state index in [-0.39, 0.29) is 5.91 Å². The molecule has 1 atom stereocenters. The van der Waals surface area contributed by atoms with Crippen molar-refractivity contribution < 1.29 is 4.79 Å². The van der Waals surface area contributed by atoms with Crippen molar-refractivity contribution in [2.45, 2.75) is 31.4 Å². The zero-order valence-electron chi connectivity index (χ0n) is 12.0. The smallest absolute Gasteiger partial charge is 0.253 e. The van der Waals surface area contributed by atoms with E-state index < -0.39 is 0 Å². The average Bonchev–Trinajstić information content (AvgIpc) is 2.53. The molecule has 3 rings (SSSR count). The van der Waals surface area contributed by atoms with E-state index in [1.165, 1.54) is 11.3 Å². The van der Waals surface area contributed by atoms with Gasteiger partial charge in [-0.05, 0) is 43.0 Å². The third-order valence-electron chi connectivity index (χ3n) is 4.17. The molecule has 1 amide bonds. The van der Waals surface area contributed by atoms with Crippen LogP contribution in [0.2, 0.25) is 0 Å². The fraction of sp³-hybridized carbons (Fsp3) is 0.562. The largest absolute Gasteiger partial charge is 0.385 e. The molecular formula is C16H22N2OS. The van der Waals surface area contributed by atoms with Gasteiger partial charge >= 0.3 is 0 Å². The standard InChI is InChI=1S/C16H22N2OS/c1-2-14-11-18(8-9-20-14)16(19)13-5-6-15-12(10-13)4-3-7-17-15/h5-6,10,14,17H,2-4,7-9,11H2,1H3. The Morgan fingerprint density at radius 1 is 1.50 bits per heavy atom. The molecule has 1 saturated heterocycles. The Hall–Kier alpha value is -1.16. The Kier molecular flexibility index (Phi) is 4.20. The molecule has 0 aliphatic carbocycles. The summed E-state index contributed by atoms with van der Waals surface area (Å²) in [7, 11) is 0. The minimum absolute atomic E-state index is 0.206. The van der Waals surface area contributed by atoms with Gasteiger partial charge < -0.3 is 10.2 Å². The van der Waals surface area contributed by atoms with Crippen LogP contribution >= 0.6 is 11.8 Å². The lowest BCUT2D eigenvalue weighted by atomic mass is 10.0. The molecular weight excluding hydrogens is 268 g/mol. The minimum Gasteiger partial charge on any atom is -0.385 e. The van der Waals surface area contributed by atoms with Crippen LogP contribution in [0.15, 0.2) is 18.2 Å². The van der Waals surface area contributed by atoms with Crippen LogP contribution in [0, 0.1) is 0 Å². The predicted molar refractivity (Wildman–Crippen MR) is 85.7 cm³/mol. The maximum atomic E-state index is 12.6. The first-order valence-corrected chi connectivity index (χ1v) is 8.60. The number of thioether (sulfide) groups is 1. The van der Waals surface area contributed by atoms with Gasteiger partial charge in [0.15, 0.2) is 0 Å². The van der Waals surface area contributed by atoms with Crippen LogP contribution in [0.5, 0.6) is 0 Å². The zero-order chi connectivity index (χ0) is 13.9. The van der Waals surface area contributed by atoms with Gasteiger partial charge in [-0.3, -0.25) is 4.79 Å². The van der Waals surface area contributed by atoms with Crippen molar-refractivity contribution in [1.29, 1.82) is 0 Å². The molecule has 20 heavy (non-hydrogen) atoms. The second-order valence-electron chi connectivity index (χ2n) is 5.55. The number of aryl methyl sites for hydroxylation is 1. The summed E-state index contributed by atoms with van der Waals surface area (Å²) in [5.41, 5.74) is 3.35. The molecule has 2 aliphatic heterocycles. The first-order valence-electron chi connectivity index (χ1n) is 7.55. The highest BCUT2D eigenvalue weighted by molar-refractivity contribution is 8.00. The van der Waals surface area contributed by atoms with E-state index in [2.05, 4.69) is 24.4 Å². The molecule has 1 unspecified atom stereocenters. The number of hydrogen-bond acceptors (Lipinski definition) is 3. The number of rotatable bonds is 2. The monoisotopic (exact) mass is 290 g/mol. The highest BCUT2D eigenvalue weighted by Gasteiger charge is 2.24. The van der Waals surface area contributed by atoms with Gasteiger partial charge in [-0.2, -0.15) is 11.8 Å². The summed E-state index contributed by atoms with van der Waals surface area (Å²) < 4.78 is 0. The number of hydrogen-bond donors (Lipinski definition) is 1. The summed E-state index contributed by atoms with van der Waals surface area (Å²) in [6, 6.07) is 6.13. The van der Waals surface area contributed by atoms with Crippen molar-refractivity contribution in [3.05, 3.63) is 29.3 Å². The molecule has 1 aromatic rings. The second kappa shape index (κ2) is 6.08. The van der Waals surface area contributed by atoms with E-state index in [0.717, 1.165) is 50.2 Å². The van der Waals surface area contributed by atoms with Gasteiger partial charge in [0.2, 0.25) is 0 Å². The van der Waals surface area contributed by atoms with Gasteiger partial charge in [0.25, 0.3) is 5.91 Å². The minimum atomic E-state index is 0.206. The summed E-state index contributed by atoms with van der Waals surface area (Å²) in [5, 5.41) is 4.00. The van der Waals surface area contributed by atoms with Gasteiger partial charge in [0.1, 0.15) is 0 Å².